The first-order valence-electron chi connectivity index (χ1n) is 2.55. The molecule has 1 unspecified atom stereocenters. The summed E-state index contributed by atoms with van der Waals surface area (Å²) in [6, 6.07) is 0. The van der Waals surface area contributed by atoms with Crippen LogP contribution in [0.5, 0.6) is 0 Å². The summed E-state index contributed by atoms with van der Waals surface area (Å²) in [4.78, 5) is 0. The van der Waals surface area contributed by atoms with Crippen molar-refractivity contribution >= 4 is 0 Å². The first-order valence-corrected chi connectivity index (χ1v) is 2.55. The summed E-state index contributed by atoms with van der Waals surface area (Å²) in [5.41, 5.74) is 4.83. The SMILES string of the molecule is NC(O)CNCC(F)F.[HH].[HH]. The van der Waals surface area contributed by atoms with Crippen molar-refractivity contribution in [3.63, 3.8) is 0 Å². The van der Waals surface area contributed by atoms with Crippen LogP contribution in [0.1, 0.15) is 2.85 Å². The van der Waals surface area contributed by atoms with E-state index in [9.17, 15) is 8.78 Å². The van der Waals surface area contributed by atoms with Crippen LogP contribution in [0.4, 0.5) is 8.78 Å². The summed E-state index contributed by atoms with van der Waals surface area (Å²) in [7, 11) is 0. The minimum Gasteiger partial charge on any atom is -0.377 e. The zero-order chi connectivity index (χ0) is 7.28. The summed E-state index contributed by atoms with van der Waals surface area (Å²) in [6.07, 6.45) is -3.44. The number of rotatable bonds is 4. The Labute approximate surface area is 54.8 Å². The Morgan fingerprint density at radius 3 is 2.44 bits per heavy atom. The van der Waals surface area contributed by atoms with Crippen LogP contribution in [-0.4, -0.2) is 30.8 Å². The summed E-state index contributed by atoms with van der Waals surface area (Å²) in [5, 5.41) is 10.6. The zero-order valence-electron chi connectivity index (χ0n) is 4.85. The summed E-state index contributed by atoms with van der Waals surface area (Å²) in [6.45, 7) is -0.418. The molecule has 0 aliphatic heterocycles. The van der Waals surface area contributed by atoms with Crippen molar-refractivity contribution < 1.29 is 16.7 Å². The van der Waals surface area contributed by atoms with Gasteiger partial charge in [0.1, 0.15) is 6.23 Å². The molecule has 0 saturated carbocycles. The fourth-order valence-electron chi connectivity index (χ4n) is 0.340. The van der Waals surface area contributed by atoms with Gasteiger partial charge >= 0.3 is 0 Å². The van der Waals surface area contributed by atoms with E-state index in [0.29, 0.717) is 0 Å². The van der Waals surface area contributed by atoms with Gasteiger partial charge in [-0.05, 0) is 0 Å². The minimum atomic E-state index is -2.39. The molecule has 3 nitrogen and oxygen atoms in total. The summed E-state index contributed by atoms with van der Waals surface area (Å²) < 4.78 is 22.6. The maximum absolute atomic E-state index is 11.3. The Bertz CT molecular complexity index is 69.1. The fourth-order valence-corrected chi connectivity index (χ4v) is 0.340. The maximum atomic E-state index is 11.3. The molecule has 9 heavy (non-hydrogen) atoms. The Morgan fingerprint density at radius 2 is 2.11 bits per heavy atom. The van der Waals surface area contributed by atoms with E-state index in [4.69, 9.17) is 10.8 Å². The van der Waals surface area contributed by atoms with Crippen molar-refractivity contribution in [2.75, 3.05) is 13.1 Å². The minimum absolute atomic E-state index is 0. The van der Waals surface area contributed by atoms with Crippen LogP contribution in [0.15, 0.2) is 0 Å². The van der Waals surface area contributed by atoms with Gasteiger partial charge in [0.25, 0.3) is 6.43 Å². The fraction of sp³-hybridized carbons (Fsp3) is 1.00. The van der Waals surface area contributed by atoms with Crippen LogP contribution in [0, 0.1) is 0 Å². The molecule has 5 heteroatoms. The molecule has 0 aromatic carbocycles. The molecule has 4 N–H and O–H groups in total. The van der Waals surface area contributed by atoms with Crippen LogP contribution in [0.2, 0.25) is 0 Å². The molecular formula is C4H14F2N2O. The molecule has 60 valence electrons. The van der Waals surface area contributed by atoms with Crippen molar-refractivity contribution in [2.24, 2.45) is 5.73 Å². The van der Waals surface area contributed by atoms with Gasteiger partial charge in [0.05, 0.1) is 6.54 Å². The van der Waals surface area contributed by atoms with E-state index >= 15 is 0 Å². The summed E-state index contributed by atoms with van der Waals surface area (Å²) >= 11 is 0. The molecule has 0 spiro atoms. The van der Waals surface area contributed by atoms with Crippen molar-refractivity contribution in [3.8, 4) is 0 Å². The number of hydrogen-bond donors (Lipinski definition) is 3. The lowest BCUT2D eigenvalue weighted by Crippen LogP contribution is -2.35. The predicted octanol–water partition coefficient (Wildman–Crippen LogP) is -0.390. The summed E-state index contributed by atoms with van der Waals surface area (Å²) in [5.74, 6) is 0. The van der Waals surface area contributed by atoms with E-state index < -0.39 is 19.2 Å². The highest BCUT2D eigenvalue weighted by atomic mass is 19.3. The van der Waals surface area contributed by atoms with Gasteiger partial charge in [-0.3, -0.25) is 0 Å². The van der Waals surface area contributed by atoms with Crippen LogP contribution in [0.3, 0.4) is 0 Å². The molecule has 1 atom stereocenters. The third-order valence-electron chi connectivity index (χ3n) is 0.652. The van der Waals surface area contributed by atoms with Gasteiger partial charge in [-0.2, -0.15) is 0 Å². The van der Waals surface area contributed by atoms with Crippen LogP contribution < -0.4 is 11.1 Å². The lowest BCUT2D eigenvalue weighted by Gasteiger charge is -2.04. The molecule has 0 rings (SSSR count). The Morgan fingerprint density at radius 1 is 1.56 bits per heavy atom. The van der Waals surface area contributed by atoms with E-state index in [2.05, 4.69) is 5.32 Å². The first kappa shape index (κ1) is 8.74. The largest absolute Gasteiger partial charge is 0.377 e. The van der Waals surface area contributed by atoms with Crippen LogP contribution in [0.25, 0.3) is 0 Å². The second kappa shape index (κ2) is 4.60. The molecule has 0 aromatic rings. The van der Waals surface area contributed by atoms with Crippen molar-refractivity contribution in [1.29, 1.82) is 0 Å². The molecular weight excluding hydrogens is 130 g/mol. The Kier molecular flexibility index (Phi) is 4.47. The van der Waals surface area contributed by atoms with Crippen molar-refractivity contribution in [3.05, 3.63) is 0 Å². The molecule has 0 amide bonds. The van der Waals surface area contributed by atoms with Crippen molar-refractivity contribution in [1.82, 2.24) is 5.32 Å². The predicted molar refractivity (Wildman–Crippen MR) is 33.3 cm³/mol. The number of halogens is 2. The molecule has 0 aliphatic rings. The topological polar surface area (TPSA) is 58.3 Å². The monoisotopic (exact) mass is 144 g/mol. The van der Waals surface area contributed by atoms with Gasteiger partial charge < -0.3 is 16.2 Å². The molecule has 0 saturated heterocycles. The number of nitrogens with two attached hydrogens (primary N) is 1. The molecule has 0 heterocycles. The molecule has 0 aliphatic carbocycles. The Hall–Kier alpha value is -0.260. The molecule has 0 radical (unpaired) electrons. The maximum Gasteiger partial charge on any atom is 0.250 e. The van der Waals surface area contributed by atoms with Gasteiger partial charge in [0.15, 0.2) is 0 Å². The molecule has 0 bridgehead atoms. The van der Waals surface area contributed by atoms with Crippen molar-refractivity contribution in [2.45, 2.75) is 12.7 Å². The second-order valence-corrected chi connectivity index (χ2v) is 1.62. The molecule has 0 fully saturated rings. The highest BCUT2D eigenvalue weighted by molar-refractivity contribution is 4.51. The quantitative estimate of drug-likeness (QED) is 0.471. The third kappa shape index (κ3) is 7.74. The third-order valence-corrected chi connectivity index (χ3v) is 0.652. The van der Waals surface area contributed by atoms with Gasteiger partial charge in [0.2, 0.25) is 0 Å². The van der Waals surface area contributed by atoms with Crippen LogP contribution in [-0.2, 0) is 0 Å². The van der Waals surface area contributed by atoms with Gasteiger partial charge in [0, 0.05) is 9.40 Å². The van der Waals surface area contributed by atoms with E-state index in [-0.39, 0.29) is 9.40 Å². The number of hydrogen-bond acceptors (Lipinski definition) is 3. The van der Waals surface area contributed by atoms with Gasteiger partial charge in [-0.15, -0.1) is 0 Å². The number of nitrogens with one attached hydrogen (secondary N) is 1. The lowest BCUT2D eigenvalue weighted by molar-refractivity contribution is 0.131. The van der Waals surface area contributed by atoms with E-state index in [1.807, 2.05) is 0 Å². The Balaban J connectivity index is -0.000000320. The van der Waals surface area contributed by atoms with Gasteiger partial charge in [-0.25, -0.2) is 8.78 Å². The normalized spacial score (nSPS) is 14.3. The highest BCUT2D eigenvalue weighted by Gasteiger charge is 2.01. The zero-order valence-corrected chi connectivity index (χ0v) is 4.85. The average Bonchev–Trinajstić information content (AvgIpc) is 1.63. The second-order valence-electron chi connectivity index (χ2n) is 1.62. The molecule has 0 aromatic heterocycles. The first-order chi connectivity index (χ1) is 4.13. The number of aliphatic hydroxyl groups excluding tert-OH is 1. The van der Waals surface area contributed by atoms with E-state index in [1.165, 1.54) is 0 Å². The smallest absolute Gasteiger partial charge is 0.250 e. The van der Waals surface area contributed by atoms with E-state index in [0.717, 1.165) is 0 Å². The van der Waals surface area contributed by atoms with Gasteiger partial charge in [-0.1, -0.05) is 0 Å². The lowest BCUT2D eigenvalue weighted by atomic mass is 10.5. The average molecular weight is 144 g/mol. The number of aliphatic hydroxyl groups is 1. The van der Waals surface area contributed by atoms with E-state index in [1.54, 1.807) is 0 Å². The number of alkyl halides is 2. The highest BCUT2D eigenvalue weighted by Crippen LogP contribution is 1.86. The standard InChI is InChI=1S/C4H10F2N2O.2H2/c5-3(6)1-8-2-4(7)9;;/h3-4,8-9H,1-2,7H2;2*1H. The van der Waals surface area contributed by atoms with Crippen LogP contribution >= 0.6 is 0 Å².